The van der Waals surface area contributed by atoms with E-state index in [0.717, 1.165) is 11.4 Å². The molecule has 0 unspecified atom stereocenters. The maximum absolute atomic E-state index is 12.1. The number of carbonyl (C=O) groups is 2. The number of hydrogen-bond donors (Lipinski definition) is 2. The van der Waals surface area contributed by atoms with Crippen molar-refractivity contribution in [2.24, 2.45) is 0 Å². The Morgan fingerprint density at radius 3 is 2.24 bits per heavy atom. The van der Waals surface area contributed by atoms with Gasteiger partial charge in [-0.15, -0.1) is 0 Å². The average molecular weight is 355 g/mol. The topological polar surface area (TPSA) is 76.0 Å². The first-order valence-corrected chi connectivity index (χ1v) is 7.90. The molecule has 6 nitrogen and oxygen atoms in total. The number of nitrogens with one attached hydrogen (secondary N) is 2. The number of benzene rings is 2. The van der Waals surface area contributed by atoms with Gasteiger partial charge in [0.1, 0.15) is 0 Å². The molecule has 0 fully saturated rings. The van der Waals surface area contributed by atoms with Crippen LogP contribution in [0.15, 0.2) is 60.8 Å². The van der Waals surface area contributed by atoms with Gasteiger partial charge >= 0.3 is 0 Å². The molecule has 0 radical (unpaired) electrons. The van der Waals surface area contributed by atoms with E-state index >= 15 is 0 Å². The van der Waals surface area contributed by atoms with Crippen molar-refractivity contribution in [3.8, 4) is 5.69 Å². The van der Waals surface area contributed by atoms with Crippen LogP contribution in [0.5, 0.6) is 0 Å². The molecular weight excluding hydrogens is 340 g/mol. The highest BCUT2D eigenvalue weighted by atomic mass is 35.5. The van der Waals surface area contributed by atoms with Gasteiger partial charge in [-0.1, -0.05) is 17.7 Å². The second kappa shape index (κ2) is 7.19. The smallest absolute Gasteiger partial charge is 0.267 e. The predicted octanol–water partition coefficient (Wildman–Crippen LogP) is 2.91. The van der Waals surface area contributed by atoms with E-state index in [-0.39, 0.29) is 0 Å². The molecule has 0 bridgehead atoms. The standard InChI is InChI=1S/C18H15ClN4O2/c1-12-9-10-20-23(12)16-7-5-13(6-8-16)17(24)21-22-18(25)14-3-2-4-15(19)11-14/h2-11H,1H3,(H,21,24)(H,22,25). The van der Waals surface area contributed by atoms with Crippen molar-refractivity contribution >= 4 is 23.4 Å². The Balaban J connectivity index is 1.63. The monoisotopic (exact) mass is 354 g/mol. The highest BCUT2D eigenvalue weighted by Gasteiger charge is 2.10. The van der Waals surface area contributed by atoms with E-state index in [1.54, 1.807) is 53.3 Å². The minimum Gasteiger partial charge on any atom is -0.267 e. The molecule has 2 N–H and O–H groups in total. The molecule has 25 heavy (non-hydrogen) atoms. The summed E-state index contributed by atoms with van der Waals surface area (Å²) in [6.07, 6.45) is 1.71. The third-order valence-corrected chi connectivity index (χ3v) is 3.82. The molecule has 2 amide bonds. The molecule has 0 spiro atoms. The van der Waals surface area contributed by atoms with Crippen LogP contribution >= 0.6 is 11.6 Å². The molecule has 7 heteroatoms. The lowest BCUT2D eigenvalue weighted by atomic mass is 10.2. The van der Waals surface area contributed by atoms with Crippen molar-refractivity contribution in [2.45, 2.75) is 6.92 Å². The van der Waals surface area contributed by atoms with Crippen molar-refractivity contribution in [1.29, 1.82) is 0 Å². The summed E-state index contributed by atoms with van der Waals surface area (Å²) < 4.78 is 1.77. The summed E-state index contributed by atoms with van der Waals surface area (Å²) in [5, 5.41) is 4.66. The molecule has 3 aromatic rings. The van der Waals surface area contributed by atoms with Gasteiger partial charge in [-0.3, -0.25) is 20.4 Å². The summed E-state index contributed by atoms with van der Waals surface area (Å²) in [4.78, 5) is 24.1. The summed E-state index contributed by atoms with van der Waals surface area (Å²) in [6.45, 7) is 1.94. The lowest BCUT2D eigenvalue weighted by Gasteiger charge is -2.09. The number of aryl methyl sites for hydroxylation is 1. The number of hydrogen-bond acceptors (Lipinski definition) is 3. The summed E-state index contributed by atoms with van der Waals surface area (Å²) in [7, 11) is 0. The van der Waals surface area contributed by atoms with Crippen LogP contribution in [-0.2, 0) is 0 Å². The van der Waals surface area contributed by atoms with Crippen molar-refractivity contribution in [3.63, 3.8) is 0 Å². The van der Waals surface area contributed by atoms with Crippen molar-refractivity contribution in [1.82, 2.24) is 20.6 Å². The van der Waals surface area contributed by atoms with Gasteiger partial charge < -0.3 is 0 Å². The van der Waals surface area contributed by atoms with Crippen LogP contribution in [0.2, 0.25) is 5.02 Å². The minimum atomic E-state index is -0.445. The SMILES string of the molecule is Cc1ccnn1-c1ccc(C(=O)NNC(=O)c2cccc(Cl)c2)cc1. The Labute approximate surface area is 149 Å². The number of rotatable bonds is 3. The summed E-state index contributed by atoms with van der Waals surface area (Å²) in [5.41, 5.74) is 7.36. The number of hydrazine groups is 1. The maximum atomic E-state index is 12.1. The van der Waals surface area contributed by atoms with E-state index in [0.29, 0.717) is 16.1 Å². The van der Waals surface area contributed by atoms with Crippen LogP contribution in [0.1, 0.15) is 26.4 Å². The first-order valence-electron chi connectivity index (χ1n) is 7.52. The van der Waals surface area contributed by atoms with E-state index in [1.807, 2.05) is 13.0 Å². The predicted molar refractivity (Wildman–Crippen MR) is 94.7 cm³/mol. The zero-order valence-electron chi connectivity index (χ0n) is 13.4. The number of halogens is 1. The molecule has 0 aliphatic rings. The fourth-order valence-electron chi connectivity index (χ4n) is 2.28. The van der Waals surface area contributed by atoms with Gasteiger partial charge in [0.05, 0.1) is 5.69 Å². The van der Waals surface area contributed by atoms with Crippen LogP contribution in [0.3, 0.4) is 0 Å². The molecule has 0 atom stereocenters. The van der Waals surface area contributed by atoms with Gasteiger partial charge in [0.15, 0.2) is 0 Å². The number of amides is 2. The van der Waals surface area contributed by atoms with Crippen LogP contribution in [0.4, 0.5) is 0 Å². The second-order valence-corrected chi connectivity index (χ2v) is 5.79. The van der Waals surface area contributed by atoms with Gasteiger partial charge in [0, 0.05) is 28.0 Å². The molecule has 0 saturated heterocycles. The Kier molecular flexibility index (Phi) is 4.81. The average Bonchev–Trinajstić information content (AvgIpc) is 3.05. The summed E-state index contributed by atoms with van der Waals surface area (Å²) in [6, 6.07) is 15.2. The normalized spacial score (nSPS) is 10.3. The van der Waals surface area contributed by atoms with Gasteiger partial charge in [0.25, 0.3) is 11.8 Å². The Bertz CT molecular complexity index is 919. The minimum absolute atomic E-state index is 0.359. The van der Waals surface area contributed by atoms with Crippen molar-refractivity contribution in [2.75, 3.05) is 0 Å². The van der Waals surface area contributed by atoms with Gasteiger partial charge in [-0.05, 0) is 55.5 Å². The highest BCUT2D eigenvalue weighted by Crippen LogP contribution is 2.12. The molecule has 1 heterocycles. The highest BCUT2D eigenvalue weighted by molar-refractivity contribution is 6.30. The molecule has 126 valence electrons. The Morgan fingerprint density at radius 1 is 0.960 bits per heavy atom. The number of nitrogens with zero attached hydrogens (tertiary/aromatic N) is 2. The van der Waals surface area contributed by atoms with Crippen molar-refractivity contribution < 1.29 is 9.59 Å². The van der Waals surface area contributed by atoms with Crippen LogP contribution in [0.25, 0.3) is 5.69 Å². The Morgan fingerprint density at radius 2 is 1.64 bits per heavy atom. The van der Waals surface area contributed by atoms with Gasteiger partial charge in [0.2, 0.25) is 0 Å². The largest absolute Gasteiger partial charge is 0.269 e. The van der Waals surface area contributed by atoms with E-state index in [9.17, 15) is 9.59 Å². The van der Waals surface area contributed by atoms with Gasteiger partial charge in [-0.25, -0.2) is 4.68 Å². The Hall–Kier alpha value is -3.12. The van der Waals surface area contributed by atoms with Crippen molar-refractivity contribution in [3.05, 3.63) is 82.6 Å². The van der Waals surface area contributed by atoms with Crippen LogP contribution in [-0.4, -0.2) is 21.6 Å². The molecule has 3 rings (SSSR count). The van der Waals surface area contributed by atoms with E-state index < -0.39 is 11.8 Å². The molecule has 1 aromatic heterocycles. The molecule has 0 saturated carbocycles. The third-order valence-electron chi connectivity index (χ3n) is 3.58. The van der Waals surface area contributed by atoms with E-state index in [4.69, 9.17) is 11.6 Å². The number of carbonyl (C=O) groups excluding carboxylic acids is 2. The third kappa shape index (κ3) is 3.87. The summed E-state index contributed by atoms with van der Waals surface area (Å²) >= 11 is 5.84. The van der Waals surface area contributed by atoms with Crippen LogP contribution < -0.4 is 10.9 Å². The molecule has 0 aliphatic heterocycles. The second-order valence-electron chi connectivity index (χ2n) is 5.35. The zero-order chi connectivity index (χ0) is 17.8. The van der Waals surface area contributed by atoms with Gasteiger partial charge in [-0.2, -0.15) is 5.10 Å². The lowest BCUT2D eigenvalue weighted by molar-refractivity contribution is 0.0846. The molecular formula is C18H15ClN4O2. The molecule has 2 aromatic carbocycles. The first-order chi connectivity index (χ1) is 12.0. The number of aromatic nitrogens is 2. The fourth-order valence-corrected chi connectivity index (χ4v) is 2.47. The van der Waals surface area contributed by atoms with E-state index in [1.165, 1.54) is 6.07 Å². The quantitative estimate of drug-likeness (QED) is 0.710. The van der Waals surface area contributed by atoms with Crippen LogP contribution in [0, 0.1) is 6.92 Å². The fraction of sp³-hybridized carbons (Fsp3) is 0.0556. The summed E-state index contributed by atoms with van der Waals surface area (Å²) in [5.74, 6) is -0.862. The molecule has 0 aliphatic carbocycles. The lowest BCUT2D eigenvalue weighted by Crippen LogP contribution is -2.41. The maximum Gasteiger partial charge on any atom is 0.269 e. The van der Waals surface area contributed by atoms with E-state index in [2.05, 4.69) is 16.0 Å². The zero-order valence-corrected chi connectivity index (χ0v) is 14.1. The first kappa shape index (κ1) is 16.7.